The first kappa shape index (κ1) is 24.8. The van der Waals surface area contributed by atoms with Crippen molar-refractivity contribution >= 4 is 5.76 Å². The fourth-order valence-electron chi connectivity index (χ4n) is 2.17. The van der Waals surface area contributed by atoms with Crippen LogP contribution >= 0.6 is 0 Å². The summed E-state index contributed by atoms with van der Waals surface area (Å²) >= 11 is 0. The van der Waals surface area contributed by atoms with Gasteiger partial charge in [0.1, 0.15) is 5.76 Å². The molecule has 0 bridgehead atoms. The van der Waals surface area contributed by atoms with E-state index in [9.17, 15) is 61.5 Å². The van der Waals surface area contributed by atoms with Gasteiger partial charge in [-0.3, -0.25) is 0 Å². The SMILES string of the molecule is C=C(O)c1cc(C(F)(C(F)(F)F)C(F)(F)F)cc(C(F)(C(F)(F)F)C(F)(F)F)c1. The van der Waals surface area contributed by atoms with Gasteiger partial charge in [0, 0.05) is 16.7 Å². The molecule has 1 nitrogen and oxygen atoms in total. The Labute approximate surface area is 151 Å². The van der Waals surface area contributed by atoms with Crippen LogP contribution in [0.2, 0.25) is 0 Å². The zero-order valence-corrected chi connectivity index (χ0v) is 13.2. The highest BCUT2D eigenvalue weighted by Crippen LogP contribution is 2.57. The minimum Gasteiger partial charge on any atom is -0.508 e. The van der Waals surface area contributed by atoms with E-state index in [4.69, 9.17) is 5.11 Å². The van der Waals surface area contributed by atoms with Crippen molar-refractivity contribution in [3.63, 3.8) is 0 Å². The van der Waals surface area contributed by atoms with Crippen molar-refractivity contribution in [3.05, 3.63) is 41.5 Å². The van der Waals surface area contributed by atoms with Crippen LogP contribution in [0.25, 0.3) is 5.76 Å². The van der Waals surface area contributed by atoms with Gasteiger partial charge < -0.3 is 5.11 Å². The third kappa shape index (κ3) is 3.82. The summed E-state index contributed by atoms with van der Waals surface area (Å²) in [5.41, 5.74) is -20.4. The van der Waals surface area contributed by atoms with Crippen LogP contribution in [0.4, 0.5) is 61.5 Å². The molecule has 0 aromatic heterocycles. The van der Waals surface area contributed by atoms with E-state index < -0.39 is 76.7 Å². The van der Waals surface area contributed by atoms with Crippen molar-refractivity contribution in [2.45, 2.75) is 36.0 Å². The summed E-state index contributed by atoms with van der Waals surface area (Å²) in [5, 5.41) is 9.05. The number of halogens is 14. The quantitative estimate of drug-likeness (QED) is 0.392. The second-order valence-corrected chi connectivity index (χ2v) is 5.55. The van der Waals surface area contributed by atoms with E-state index in [0.29, 0.717) is 0 Å². The lowest BCUT2D eigenvalue weighted by Crippen LogP contribution is -2.52. The molecule has 0 aliphatic heterocycles. The number of alkyl halides is 14. The van der Waals surface area contributed by atoms with Gasteiger partial charge in [-0.1, -0.05) is 6.58 Å². The number of hydrogen-bond acceptors (Lipinski definition) is 1. The molecule has 0 atom stereocenters. The molecular weight excluding hydrogens is 450 g/mol. The molecule has 0 spiro atoms. The normalized spacial score (nSPS) is 14.8. The monoisotopic (exact) mass is 456 g/mol. The minimum absolute atomic E-state index is 0.556. The van der Waals surface area contributed by atoms with Gasteiger partial charge >= 0.3 is 36.0 Å². The van der Waals surface area contributed by atoms with Gasteiger partial charge in [0.05, 0.1) is 0 Å². The van der Waals surface area contributed by atoms with Crippen molar-refractivity contribution in [2.24, 2.45) is 0 Å². The molecule has 1 aromatic carbocycles. The zero-order valence-electron chi connectivity index (χ0n) is 13.2. The first-order valence-electron chi connectivity index (χ1n) is 6.70. The molecule has 0 saturated heterocycles. The molecule has 0 heterocycles. The zero-order chi connectivity index (χ0) is 23.4. The molecule has 0 amide bonds. The van der Waals surface area contributed by atoms with Crippen molar-refractivity contribution in [1.82, 2.24) is 0 Å². The average molecular weight is 456 g/mol. The van der Waals surface area contributed by atoms with E-state index in [-0.39, 0.29) is 0 Å². The van der Waals surface area contributed by atoms with Crippen molar-refractivity contribution in [3.8, 4) is 0 Å². The first-order chi connectivity index (χ1) is 12.5. The lowest BCUT2D eigenvalue weighted by Gasteiger charge is -2.34. The van der Waals surface area contributed by atoms with Crippen LogP contribution in [0.5, 0.6) is 0 Å². The van der Waals surface area contributed by atoms with Crippen LogP contribution in [0.3, 0.4) is 0 Å². The molecular formula is C14H6F14O. The van der Waals surface area contributed by atoms with Gasteiger partial charge in [0.25, 0.3) is 0 Å². The van der Waals surface area contributed by atoms with Crippen molar-refractivity contribution in [2.75, 3.05) is 0 Å². The Morgan fingerprint density at radius 2 is 0.793 bits per heavy atom. The van der Waals surface area contributed by atoms with E-state index >= 15 is 0 Å². The first-order valence-corrected chi connectivity index (χ1v) is 6.70. The maximum absolute atomic E-state index is 14.1. The van der Waals surface area contributed by atoms with Crippen molar-refractivity contribution in [1.29, 1.82) is 0 Å². The lowest BCUT2D eigenvalue weighted by molar-refractivity contribution is -0.350. The van der Waals surface area contributed by atoms with Gasteiger partial charge in [-0.2, -0.15) is 52.7 Å². The average Bonchev–Trinajstić information content (AvgIpc) is 2.48. The Hall–Kier alpha value is -2.22. The molecule has 0 fully saturated rings. The van der Waals surface area contributed by atoms with Gasteiger partial charge in [0.15, 0.2) is 0 Å². The highest BCUT2D eigenvalue weighted by Gasteiger charge is 2.76. The number of benzene rings is 1. The Bertz CT molecular complexity index is 695. The molecule has 0 aliphatic carbocycles. The third-order valence-electron chi connectivity index (χ3n) is 3.62. The van der Waals surface area contributed by atoms with E-state index in [1.54, 1.807) is 0 Å². The summed E-state index contributed by atoms with van der Waals surface area (Å²) < 4.78 is 182. The molecule has 0 aliphatic rings. The Morgan fingerprint density at radius 3 is 0.966 bits per heavy atom. The topological polar surface area (TPSA) is 20.2 Å². The summed E-state index contributed by atoms with van der Waals surface area (Å²) in [4.78, 5) is 0. The van der Waals surface area contributed by atoms with Crippen LogP contribution in [0, 0.1) is 0 Å². The summed E-state index contributed by atoms with van der Waals surface area (Å²) in [5.74, 6) is -1.66. The van der Waals surface area contributed by atoms with Gasteiger partial charge in [-0.05, 0) is 18.2 Å². The third-order valence-corrected chi connectivity index (χ3v) is 3.62. The predicted molar refractivity (Wildman–Crippen MR) is 67.9 cm³/mol. The number of aliphatic hydroxyl groups is 1. The van der Waals surface area contributed by atoms with Crippen LogP contribution in [0.15, 0.2) is 24.8 Å². The number of aliphatic hydroxyl groups excluding tert-OH is 1. The van der Waals surface area contributed by atoms with Crippen LogP contribution in [0.1, 0.15) is 16.7 Å². The van der Waals surface area contributed by atoms with E-state index in [1.165, 1.54) is 0 Å². The molecule has 0 radical (unpaired) electrons. The second kappa shape index (κ2) is 6.65. The van der Waals surface area contributed by atoms with E-state index in [2.05, 4.69) is 6.58 Å². The summed E-state index contributed by atoms with van der Waals surface area (Å²) in [6, 6.07) is -2.33. The van der Waals surface area contributed by atoms with E-state index in [1.807, 2.05) is 0 Å². The van der Waals surface area contributed by atoms with Crippen LogP contribution < -0.4 is 0 Å². The van der Waals surface area contributed by atoms with Crippen LogP contribution in [-0.4, -0.2) is 29.8 Å². The Morgan fingerprint density at radius 1 is 0.552 bits per heavy atom. The molecule has 0 saturated carbocycles. The van der Waals surface area contributed by atoms with Gasteiger partial charge in [0.2, 0.25) is 0 Å². The highest BCUT2D eigenvalue weighted by atomic mass is 19.4. The fraction of sp³-hybridized carbons (Fsp3) is 0.429. The predicted octanol–water partition coefficient (Wildman–Crippen LogP) is 6.79. The molecule has 0 unspecified atom stereocenters. The van der Waals surface area contributed by atoms with Crippen molar-refractivity contribution < 1.29 is 66.6 Å². The van der Waals surface area contributed by atoms with Crippen LogP contribution in [-0.2, 0) is 11.3 Å². The summed E-state index contributed by atoms with van der Waals surface area (Å²) in [7, 11) is 0. The fourth-order valence-corrected chi connectivity index (χ4v) is 2.17. The molecule has 1 N–H and O–H groups in total. The smallest absolute Gasteiger partial charge is 0.435 e. The maximum atomic E-state index is 14.1. The molecule has 15 heteroatoms. The summed E-state index contributed by atoms with van der Waals surface area (Å²) in [6.07, 6.45) is -27.7. The number of rotatable bonds is 3. The standard InChI is InChI=1S/C14H6F14O/c1-5(29)6-2-7(9(15,11(17,18)19)12(20,21)22)4-8(3-6)10(16,13(23,24)25)14(26,27)28/h2-4,29H,1H2. The lowest BCUT2D eigenvalue weighted by atomic mass is 9.85. The van der Waals surface area contributed by atoms with Gasteiger partial charge in [-0.25, -0.2) is 8.78 Å². The Kier molecular flexibility index (Phi) is 5.69. The van der Waals surface area contributed by atoms with E-state index in [0.717, 1.165) is 0 Å². The molecule has 29 heavy (non-hydrogen) atoms. The largest absolute Gasteiger partial charge is 0.508 e. The minimum atomic E-state index is -6.94. The summed E-state index contributed by atoms with van der Waals surface area (Å²) in [6.45, 7) is 2.51. The van der Waals surface area contributed by atoms with Gasteiger partial charge in [-0.15, -0.1) is 0 Å². The molecule has 1 aromatic rings. The second-order valence-electron chi connectivity index (χ2n) is 5.55. The Balaban J connectivity index is 4.12. The molecule has 1 rings (SSSR count). The molecule has 166 valence electrons. The number of hydrogen-bond donors (Lipinski definition) is 1. The highest BCUT2D eigenvalue weighted by molar-refractivity contribution is 5.59. The maximum Gasteiger partial charge on any atom is 0.435 e.